The van der Waals surface area contributed by atoms with Gasteiger partial charge in [-0.05, 0) is 58.5 Å². The van der Waals surface area contributed by atoms with Crippen LogP contribution in [0.2, 0.25) is 5.02 Å². The van der Waals surface area contributed by atoms with Crippen LogP contribution in [0.3, 0.4) is 0 Å². The Morgan fingerprint density at radius 3 is 2.67 bits per heavy atom. The first kappa shape index (κ1) is 14.9. The molecule has 106 valence electrons. The van der Waals surface area contributed by atoms with Crippen molar-refractivity contribution in [3.05, 3.63) is 62.7 Å². The van der Waals surface area contributed by atoms with Gasteiger partial charge in [-0.2, -0.15) is 0 Å². The van der Waals surface area contributed by atoms with Crippen molar-refractivity contribution in [2.45, 2.75) is 11.0 Å². The molecule has 0 saturated heterocycles. The third-order valence-electron chi connectivity index (χ3n) is 2.75. The fraction of sp³-hybridized carbons (Fsp3) is 0.0667. The van der Waals surface area contributed by atoms with Crippen molar-refractivity contribution in [1.29, 1.82) is 0 Å². The summed E-state index contributed by atoms with van der Waals surface area (Å²) in [6, 6.07) is 15.7. The first-order valence-electron chi connectivity index (χ1n) is 6.17. The topological polar surface area (TPSA) is 38.9 Å². The maximum absolute atomic E-state index is 5.96. The van der Waals surface area contributed by atoms with Crippen LogP contribution in [-0.4, -0.2) is 10.2 Å². The second-order valence-electron chi connectivity index (χ2n) is 4.30. The molecule has 0 spiro atoms. The van der Waals surface area contributed by atoms with Crippen LogP contribution in [0.5, 0.6) is 0 Å². The number of benzene rings is 2. The highest BCUT2D eigenvalue weighted by atomic mass is 127. The zero-order valence-electron chi connectivity index (χ0n) is 10.8. The largest absolute Gasteiger partial charge is 0.411 e. The maximum Gasteiger partial charge on any atom is 0.277 e. The van der Waals surface area contributed by atoms with Crippen LogP contribution in [0.4, 0.5) is 0 Å². The van der Waals surface area contributed by atoms with Gasteiger partial charge in [0.1, 0.15) is 0 Å². The molecule has 0 aliphatic heterocycles. The van der Waals surface area contributed by atoms with Crippen LogP contribution in [0, 0.1) is 3.57 Å². The van der Waals surface area contributed by atoms with Crippen molar-refractivity contribution >= 4 is 46.0 Å². The molecule has 0 amide bonds. The van der Waals surface area contributed by atoms with Crippen LogP contribution in [0.25, 0.3) is 11.5 Å². The zero-order valence-corrected chi connectivity index (χ0v) is 14.5. The monoisotopic (exact) mass is 428 g/mol. The summed E-state index contributed by atoms with van der Waals surface area (Å²) in [7, 11) is 0. The molecule has 0 saturated carbocycles. The molecule has 3 aromatic rings. The Morgan fingerprint density at radius 1 is 1.10 bits per heavy atom. The molecule has 0 N–H and O–H groups in total. The molecule has 6 heteroatoms. The van der Waals surface area contributed by atoms with Gasteiger partial charge >= 0.3 is 0 Å². The number of thioether (sulfide) groups is 1. The second-order valence-corrected chi connectivity index (χ2v) is 6.91. The van der Waals surface area contributed by atoms with Gasteiger partial charge in [-0.3, -0.25) is 0 Å². The Labute approximate surface area is 145 Å². The van der Waals surface area contributed by atoms with E-state index in [1.54, 1.807) is 0 Å². The summed E-state index contributed by atoms with van der Waals surface area (Å²) in [5.41, 5.74) is 2.05. The lowest BCUT2D eigenvalue weighted by molar-refractivity contribution is 0.466. The Kier molecular flexibility index (Phi) is 4.82. The van der Waals surface area contributed by atoms with Gasteiger partial charge in [-0.15, -0.1) is 10.2 Å². The number of hydrogen-bond donors (Lipinski definition) is 0. The Balaban J connectivity index is 1.69. The van der Waals surface area contributed by atoms with Gasteiger partial charge in [0, 0.05) is 19.9 Å². The summed E-state index contributed by atoms with van der Waals surface area (Å²) in [6.07, 6.45) is 0. The van der Waals surface area contributed by atoms with Gasteiger partial charge in [-0.25, -0.2) is 0 Å². The molecule has 2 aromatic carbocycles. The lowest BCUT2D eigenvalue weighted by Gasteiger charge is -1.98. The van der Waals surface area contributed by atoms with E-state index in [1.807, 2.05) is 24.3 Å². The van der Waals surface area contributed by atoms with Gasteiger partial charge < -0.3 is 4.42 Å². The maximum atomic E-state index is 5.96. The minimum absolute atomic E-state index is 0.489. The normalized spacial score (nSPS) is 10.8. The first-order chi connectivity index (χ1) is 10.2. The molecule has 0 aliphatic carbocycles. The number of halogens is 2. The third kappa shape index (κ3) is 3.99. The van der Waals surface area contributed by atoms with E-state index >= 15 is 0 Å². The van der Waals surface area contributed by atoms with Crippen LogP contribution in [0.15, 0.2) is 58.2 Å². The van der Waals surface area contributed by atoms with Crippen molar-refractivity contribution in [3.8, 4) is 11.5 Å². The predicted molar refractivity (Wildman–Crippen MR) is 93.5 cm³/mol. The highest BCUT2D eigenvalue weighted by molar-refractivity contribution is 14.1. The van der Waals surface area contributed by atoms with Gasteiger partial charge in [0.15, 0.2) is 0 Å². The smallest absolute Gasteiger partial charge is 0.277 e. The Hall–Kier alpha value is -1.05. The Morgan fingerprint density at radius 2 is 1.90 bits per heavy atom. The average Bonchev–Trinajstić information content (AvgIpc) is 2.96. The highest BCUT2D eigenvalue weighted by Crippen LogP contribution is 2.27. The van der Waals surface area contributed by atoms with Crippen molar-refractivity contribution in [2.75, 3.05) is 0 Å². The molecule has 0 aliphatic rings. The van der Waals surface area contributed by atoms with E-state index in [4.69, 9.17) is 16.0 Å². The van der Waals surface area contributed by atoms with Crippen LogP contribution >= 0.6 is 46.0 Å². The summed E-state index contributed by atoms with van der Waals surface area (Å²) in [4.78, 5) is 0. The van der Waals surface area contributed by atoms with Crippen molar-refractivity contribution < 1.29 is 4.42 Å². The van der Waals surface area contributed by atoms with Crippen molar-refractivity contribution in [1.82, 2.24) is 10.2 Å². The van der Waals surface area contributed by atoms with E-state index in [-0.39, 0.29) is 0 Å². The standard InChI is InChI=1S/C15H10ClIN2OS/c16-12-3-1-2-11(8-12)14-18-19-15(20-14)21-9-10-4-6-13(17)7-5-10/h1-8H,9H2. The Bertz CT molecular complexity index is 745. The van der Waals surface area contributed by atoms with E-state index in [0.29, 0.717) is 16.1 Å². The number of aromatic nitrogens is 2. The third-order valence-corrected chi connectivity index (χ3v) is 4.60. The average molecular weight is 429 g/mol. The molecule has 0 fully saturated rings. The molecule has 1 aromatic heterocycles. The van der Waals surface area contributed by atoms with Gasteiger partial charge in [0.05, 0.1) is 0 Å². The number of hydrogen-bond acceptors (Lipinski definition) is 4. The van der Waals surface area contributed by atoms with E-state index < -0.39 is 0 Å². The second kappa shape index (κ2) is 6.81. The van der Waals surface area contributed by atoms with E-state index in [1.165, 1.54) is 20.9 Å². The fourth-order valence-electron chi connectivity index (χ4n) is 1.73. The summed E-state index contributed by atoms with van der Waals surface area (Å²) in [5, 5.41) is 9.32. The SMILES string of the molecule is Clc1cccc(-c2nnc(SCc3ccc(I)cc3)o2)c1. The van der Waals surface area contributed by atoms with Crippen LogP contribution < -0.4 is 0 Å². The lowest BCUT2D eigenvalue weighted by Crippen LogP contribution is -1.81. The molecule has 21 heavy (non-hydrogen) atoms. The van der Waals surface area contributed by atoms with Crippen molar-refractivity contribution in [2.24, 2.45) is 0 Å². The predicted octanol–water partition coefficient (Wildman–Crippen LogP) is 5.29. The molecule has 0 bridgehead atoms. The lowest BCUT2D eigenvalue weighted by atomic mass is 10.2. The molecule has 0 radical (unpaired) electrons. The van der Waals surface area contributed by atoms with E-state index in [2.05, 4.69) is 57.1 Å². The minimum atomic E-state index is 0.489. The molecule has 3 rings (SSSR count). The van der Waals surface area contributed by atoms with Gasteiger partial charge in [-0.1, -0.05) is 41.6 Å². The highest BCUT2D eigenvalue weighted by Gasteiger charge is 2.09. The summed E-state index contributed by atoms with van der Waals surface area (Å²) in [5.74, 6) is 1.29. The number of nitrogens with zero attached hydrogens (tertiary/aromatic N) is 2. The molecule has 0 unspecified atom stereocenters. The van der Waals surface area contributed by atoms with Crippen LogP contribution in [0.1, 0.15) is 5.56 Å². The zero-order chi connectivity index (χ0) is 14.7. The molecule has 3 nitrogen and oxygen atoms in total. The van der Waals surface area contributed by atoms with Gasteiger partial charge in [0.25, 0.3) is 5.22 Å². The quantitative estimate of drug-likeness (QED) is 0.418. The van der Waals surface area contributed by atoms with E-state index in [9.17, 15) is 0 Å². The summed E-state index contributed by atoms with van der Waals surface area (Å²) in [6.45, 7) is 0. The number of rotatable bonds is 4. The molecule has 1 heterocycles. The van der Waals surface area contributed by atoms with Gasteiger partial charge in [0.2, 0.25) is 5.89 Å². The summed E-state index contributed by atoms with van der Waals surface area (Å²) < 4.78 is 6.88. The fourth-order valence-corrected chi connectivity index (χ4v) is 3.00. The summed E-state index contributed by atoms with van der Waals surface area (Å²) >= 11 is 9.77. The van der Waals surface area contributed by atoms with E-state index in [0.717, 1.165) is 11.3 Å². The molecular weight excluding hydrogens is 419 g/mol. The minimum Gasteiger partial charge on any atom is -0.411 e. The van der Waals surface area contributed by atoms with Crippen molar-refractivity contribution in [3.63, 3.8) is 0 Å². The van der Waals surface area contributed by atoms with Crippen LogP contribution in [-0.2, 0) is 5.75 Å². The molecular formula is C15H10ClIN2OS. The molecule has 0 atom stereocenters. The first-order valence-corrected chi connectivity index (χ1v) is 8.61.